The van der Waals surface area contributed by atoms with E-state index in [-0.39, 0.29) is 5.78 Å². The Morgan fingerprint density at radius 1 is 1.43 bits per heavy atom. The first kappa shape index (κ1) is 10.7. The molecule has 76 valence electrons. The average molecular weight is 192 g/mol. The molecule has 0 saturated heterocycles. The Morgan fingerprint density at radius 2 is 2.14 bits per heavy atom. The third kappa shape index (κ3) is 3.17. The smallest absolute Gasteiger partial charge is 0.130 e. The Bertz CT molecular complexity index is 304. The quantitative estimate of drug-likeness (QED) is 0.727. The molecule has 0 spiro atoms. The Kier molecular flexibility index (Phi) is 3.63. The van der Waals surface area contributed by atoms with E-state index in [9.17, 15) is 4.79 Å². The summed E-state index contributed by atoms with van der Waals surface area (Å²) in [4.78, 5) is 17.0. The van der Waals surface area contributed by atoms with Crippen molar-refractivity contribution in [3.63, 3.8) is 0 Å². The van der Waals surface area contributed by atoms with Gasteiger partial charge in [0.2, 0.25) is 0 Å². The number of hydrogen-bond acceptors (Lipinski definition) is 3. The number of Topliss-reactive ketones (excluding diaryl/α,β-unsaturated/α-hetero) is 1. The molecule has 0 amide bonds. The van der Waals surface area contributed by atoms with Crippen molar-refractivity contribution in [1.82, 2.24) is 4.98 Å². The van der Waals surface area contributed by atoms with Gasteiger partial charge in [-0.2, -0.15) is 0 Å². The summed E-state index contributed by atoms with van der Waals surface area (Å²) in [7, 11) is 3.91. The van der Waals surface area contributed by atoms with Gasteiger partial charge in [0, 0.05) is 26.7 Å². The van der Waals surface area contributed by atoms with Gasteiger partial charge in [-0.05, 0) is 25.0 Å². The summed E-state index contributed by atoms with van der Waals surface area (Å²) in [6.07, 6.45) is 3.22. The molecule has 1 aromatic rings. The maximum Gasteiger partial charge on any atom is 0.130 e. The van der Waals surface area contributed by atoms with E-state index in [4.69, 9.17) is 0 Å². The molecule has 0 radical (unpaired) electrons. The van der Waals surface area contributed by atoms with E-state index in [1.165, 1.54) is 0 Å². The summed E-state index contributed by atoms with van der Waals surface area (Å²) in [5, 5.41) is 0. The largest absolute Gasteiger partial charge is 0.363 e. The van der Waals surface area contributed by atoms with Crippen LogP contribution in [-0.4, -0.2) is 24.9 Å². The standard InChI is InChI=1S/C11H16N2O/c1-9(14)4-5-10-6-7-11(12-8-10)13(2)3/h6-8H,4-5H2,1-3H3. The number of aromatic nitrogens is 1. The number of nitrogens with zero attached hydrogens (tertiary/aromatic N) is 2. The minimum atomic E-state index is 0.224. The van der Waals surface area contributed by atoms with Crippen LogP contribution in [0.1, 0.15) is 18.9 Å². The minimum Gasteiger partial charge on any atom is -0.363 e. The molecule has 14 heavy (non-hydrogen) atoms. The van der Waals surface area contributed by atoms with Crippen molar-refractivity contribution in [3.05, 3.63) is 23.9 Å². The molecular weight excluding hydrogens is 176 g/mol. The lowest BCUT2D eigenvalue weighted by Gasteiger charge is -2.10. The molecule has 0 aliphatic rings. The second kappa shape index (κ2) is 4.74. The number of hydrogen-bond donors (Lipinski definition) is 0. The van der Waals surface area contributed by atoms with E-state index in [1.54, 1.807) is 6.92 Å². The molecule has 1 aromatic heterocycles. The number of anilines is 1. The molecule has 0 atom stereocenters. The molecule has 0 saturated carbocycles. The van der Waals surface area contributed by atoms with Gasteiger partial charge >= 0.3 is 0 Å². The van der Waals surface area contributed by atoms with Crippen molar-refractivity contribution < 1.29 is 4.79 Å². The molecule has 0 unspecified atom stereocenters. The monoisotopic (exact) mass is 192 g/mol. The molecule has 0 aliphatic heterocycles. The second-order valence-corrected chi connectivity index (χ2v) is 3.62. The maximum atomic E-state index is 10.8. The van der Waals surface area contributed by atoms with Gasteiger partial charge in [0.25, 0.3) is 0 Å². The summed E-state index contributed by atoms with van der Waals surface area (Å²) >= 11 is 0. The van der Waals surface area contributed by atoms with Crippen LogP contribution in [0.4, 0.5) is 5.82 Å². The van der Waals surface area contributed by atoms with Crippen LogP contribution in [0.3, 0.4) is 0 Å². The number of aryl methyl sites for hydroxylation is 1. The van der Waals surface area contributed by atoms with E-state index in [0.717, 1.165) is 17.8 Å². The molecule has 0 N–H and O–H groups in total. The predicted molar refractivity (Wildman–Crippen MR) is 57.6 cm³/mol. The molecule has 3 heteroatoms. The van der Waals surface area contributed by atoms with Crippen LogP contribution < -0.4 is 4.90 Å². The van der Waals surface area contributed by atoms with E-state index in [0.29, 0.717) is 6.42 Å². The van der Waals surface area contributed by atoms with Gasteiger partial charge < -0.3 is 9.69 Å². The van der Waals surface area contributed by atoms with Crippen LogP contribution in [0, 0.1) is 0 Å². The van der Waals surface area contributed by atoms with Crippen LogP contribution >= 0.6 is 0 Å². The first-order valence-electron chi connectivity index (χ1n) is 4.71. The fraction of sp³-hybridized carbons (Fsp3) is 0.455. The SMILES string of the molecule is CC(=O)CCc1ccc(N(C)C)nc1. The van der Waals surface area contributed by atoms with Crippen LogP contribution in [0.2, 0.25) is 0 Å². The molecule has 0 aliphatic carbocycles. The number of carbonyl (C=O) groups is 1. The number of carbonyl (C=O) groups excluding carboxylic acids is 1. The highest BCUT2D eigenvalue weighted by molar-refractivity contribution is 5.75. The van der Waals surface area contributed by atoms with Crippen LogP contribution in [0.15, 0.2) is 18.3 Å². The number of rotatable bonds is 4. The summed E-state index contributed by atoms with van der Waals surface area (Å²) in [6, 6.07) is 3.99. The molecule has 1 rings (SSSR count). The third-order valence-electron chi connectivity index (χ3n) is 2.03. The van der Waals surface area contributed by atoms with E-state index >= 15 is 0 Å². The van der Waals surface area contributed by atoms with Crippen molar-refractivity contribution >= 4 is 11.6 Å². The lowest BCUT2D eigenvalue weighted by atomic mass is 10.1. The first-order chi connectivity index (χ1) is 6.59. The zero-order valence-electron chi connectivity index (χ0n) is 8.95. The zero-order chi connectivity index (χ0) is 10.6. The van der Waals surface area contributed by atoms with Gasteiger partial charge in [-0.25, -0.2) is 4.98 Å². The fourth-order valence-corrected chi connectivity index (χ4v) is 1.15. The normalized spacial score (nSPS) is 9.93. The molecule has 1 heterocycles. The van der Waals surface area contributed by atoms with Crippen molar-refractivity contribution in [2.75, 3.05) is 19.0 Å². The van der Waals surface area contributed by atoms with Crippen LogP contribution in [0.25, 0.3) is 0 Å². The molecular formula is C11H16N2O. The maximum absolute atomic E-state index is 10.8. The third-order valence-corrected chi connectivity index (χ3v) is 2.03. The van der Waals surface area contributed by atoms with Gasteiger partial charge in [0.1, 0.15) is 11.6 Å². The van der Waals surface area contributed by atoms with Gasteiger partial charge in [-0.3, -0.25) is 0 Å². The molecule has 0 aromatic carbocycles. The average Bonchev–Trinajstić information content (AvgIpc) is 2.15. The zero-order valence-corrected chi connectivity index (χ0v) is 8.95. The minimum absolute atomic E-state index is 0.224. The lowest BCUT2D eigenvalue weighted by Crippen LogP contribution is -2.10. The van der Waals surface area contributed by atoms with Gasteiger partial charge in [0.05, 0.1) is 0 Å². The van der Waals surface area contributed by atoms with Crippen molar-refractivity contribution in [2.45, 2.75) is 19.8 Å². The Hall–Kier alpha value is -1.38. The first-order valence-corrected chi connectivity index (χ1v) is 4.71. The molecule has 3 nitrogen and oxygen atoms in total. The highest BCUT2D eigenvalue weighted by Crippen LogP contribution is 2.09. The van der Waals surface area contributed by atoms with Crippen molar-refractivity contribution in [2.24, 2.45) is 0 Å². The number of pyridine rings is 1. The van der Waals surface area contributed by atoms with E-state index in [1.807, 2.05) is 37.3 Å². The highest BCUT2D eigenvalue weighted by atomic mass is 16.1. The topological polar surface area (TPSA) is 33.2 Å². The predicted octanol–water partition coefficient (Wildman–Crippen LogP) is 1.67. The van der Waals surface area contributed by atoms with E-state index in [2.05, 4.69) is 4.98 Å². The van der Waals surface area contributed by atoms with Gasteiger partial charge in [0.15, 0.2) is 0 Å². The Morgan fingerprint density at radius 3 is 2.57 bits per heavy atom. The summed E-state index contributed by atoms with van der Waals surface area (Å²) in [6.45, 7) is 1.61. The van der Waals surface area contributed by atoms with E-state index < -0.39 is 0 Å². The summed E-state index contributed by atoms with van der Waals surface area (Å²) < 4.78 is 0. The highest BCUT2D eigenvalue weighted by Gasteiger charge is 1.99. The molecule has 0 bridgehead atoms. The summed E-state index contributed by atoms with van der Waals surface area (Å²) in [5.41, 5.74) is 1.12. The fourth-order valence-electron chi connectivity index (χ4n) is 1.15. The number of ketones is 1. The van der Waals surface area contributed by atoms with Crippen LogP contribution in [-0.2, 0) is 11.2 Å². The molecule has 0 fully saturated rings. The second-order valence-electron chi connectivity index (χ2n) is 3.62. The Labute approximate surface area is 84.8 Å². The van der Waals surface area contributed by atoms with Crippen molar-refractivity contribution in [1.29, 1.82) is 0 Å². The Balaban J connectivity index is 2.59. The van der Waals surface area contributed by atoms with Gasteiger partial charge in [-0.15, -0.1) is 0 Å². The van der Waals surface area contributed by atoms with Crippen LogP contribution in [0.5, 0.6) is 0 Å². The summed E-state index contributed by atoms with van der Waals surface area (Å²) in [5.74, 6) is 1.17. The lowest BCUT2D eigenvalue weighted by molar-refractivity contribution is -0.116. The van der Waals surface area contributed by atoms with Crippen molar-refractivity contribution in [3.8, 4) is 0 Å². The van der Waals surface area contributed by atoms with Gasteiger partial charge in [-0.1, -0.05) is 6.07 Å².